The summed E-state index contributed by atoms with van der Waals surface area (Å²) in [5, 5.41) is 17.0. The monoisotopic (exact) mass is 200 g/mol. The number of hydrogen-bond acceptors (Lipinski definition) is 4. The zero-order chi connectivity index (χ0) is 10.6. The lowest BCUT2D eigenvalue weighted by molar-refractivity contribution is 0.279. The molecule has 76 valence electrons. The van der Waals surface area contributed by atoms with Gasteiger partial charge in [0.05, 0.1) is 6.61 Å². The molecular formula is C8H10BFO4. The summed E-state index contributed by atoms with van der Waals surface area (Å²) in [6, 6.07) is 3.80. The molecule has 1 rings (SSSR count). The van der Waals surface area contributed by atoms with E-state index in [1.807, 2.05) is 0 Å². The second kappa shape index (κ2) is 4.83. The van der Waals surface area contributed by atoms with Crippen molar-refractivity contribution < 1.29 is 23.8 Å². The molecule has 1 aromatic carbocycles. The van der Waals surface area contributed by atoms with Crippen LogP contribution < -0.4 is 9.39 Å². The molecule has 1 aromatic rings. The van der Waals surface area contributed by atoms with Gasteiger partial charge in [-0.3, -0.25) is 0 Å². The molecule has 0 aliphatic carbocycles. The van der Waals surface area contributed by atoms with Crippen molar-refractivity contribution >= 4 is 7.32 Å². The van der Waals surface area contributed by atoms with Crippen LogP contribution in [0.3, 0.4) is 0 Å². The van der Waals surface area contributed by atoms with Crippen LogP contribution in [-0.4, -0.2) is 24.0 Å². The second-order valence-electron chi connectivity index (χ2n) is 2.47. The molecule has 6 heteroatoms. The summed E-state index contributed by atoms with van der Waals surface area (Å²) < 4.78 is 22.4. The van der Waals surface area contributed by atoms with Crippen LogP contribution in [0, 0.1) is 5.82 Å². The van der Waals surface area contributed by atoms with Gasteiger partial charge in [0.15, 0.2) is 5.82 Å². The number of benzene rings is 1. The Kier molecular flexibility index (Phi) is 3.73. The summed E-state index contributed by atoms with van der Waals surface area (Å²) in [5.74, 6) is -0.531. The highest BCUT2D eigenvalue weighted by molar-refractivity contribution is 6.33. The Morgan fingerprint density at radius 1 is 1.43 bits per heavy atom. The molecular weight excluding hydrogens is 190 g/mol. The largest absolute Gasteiger partial charge is 0.707 e. The van der Waals surface area contributed by atoms with Gasteiger partial charge in [0.25, 0.3) is 0 Å². The molecule has 0 saturated heterocycles. The fraction of sp³-hybridized carbons (Fsp3) is 0.250. The summed E-state index contributed by atoms with van der Waals surface area (Å²) in [6.45, 7) is 2.22. The van der Waals surface area contributed by atoms with E-state index in [0.29, 0.717) is 12.4 Å². The van der Waals surface area contributed by atoms with Crippen molar-refractivity contribution in [3.8, 4) is 11.5 Å². The maximum atomic E-state index is 13.0. The number of halogens is 1. The summed E-state index contributed by atoms with van der Waals surface area (Å²) in [5.41, 5.74) is 0. The highest BCUT2D eigenvalue weighted by atomic mass is 19.1. The molecule has 0 aliphatic rings. The Hall–Kier alpha value is -1.27. The van der Waals surface area contributed by atoms with Crippen molar-refractivity contribution in [1.82, 2.24) is 0 Å². The van der Waals surface area contributed by atoms with E-state index >= 15 is 0 Å². The maximum Gasteiger partial charge on any atom is 0.707 e. The van der Waals surface area contributed by atoms with Crippen LogP contribution in [0.4, 0.5) is 4.39 Å². The van der Waals surface area contributed by atoms with Gasteiger partial charge in [-0.1, -0.05) is 0 Å². The van der Waals surface area contributed by atoms with Crippen molar-refractivity contribution in [2.45, 2.75) is 6.92 Å². The van der Waals surface area contributed by atoms with Gasteiger partial charge in [0.2, 0.25) is 0 Å². The smallest absolute Gasteiger partial charge is 0.509 e. The summed E-state index contributed by atoms with van der Waals surface area (Å²) in [7, 11) is -2.04. The lowest BCUT2D eigenvalue weighted by Crippen LogP contribution is -2.21. The summed E-state index contributed by atoms with van der Waals surface area (Å²) >= 11 is 0. The Morgan fingerprint density at radius 2 is 2.14 bits per heavy atom. The molecule has 14 heavy (non-hydrogen) atoms. The van der Waals surface area contributed by atoms with E-state index in [1.54, 1.807) is 6.92 Å². The zero-order valence-electron chi connectivity index (χ0n) is 7.61. The number of ether oxygens (including phenoxy) is 1. The summed E-state index contributed by atoms with van der Waals surface area (Å²) in [4.78, 5) is 0. The third kappa shape index (κ3) is 2.90. The van der Waals surface area contributed by atoms with Gasteiger partial charge in [-0.15, -0.1) is 0 Å². The van der Waals surface area contributed by atoms with Gasteiger partial charge in [-0.25, -0.2) is 4.39 Å². The van der Waals surface area contributed by atoms with E-state index in [1.165, 1.54) is 12.1 Å². The molecule has 0 unspecified atom stereocenters. The second-order valence-corrected chi connectivity index (χ2v) is 2.47. The molecule has 0 amide bonds. The topological polar surface area (TPSA) is 58.9 Å². The predicted octanol–water partition coefficient (Wildman–Crippen LogP) is 0.573. The minimum atomic E-state index is -2.04. The Bertz CT molecular complexity index is 305. The first-order valence-electron chi connectivity index (χ1n) is 4.08. The van der Waals surface area contributed by atoms with Crippen LogP contribution in [0.5, 0.6) is 11.5 Å². The minimum Gasteiger partial charge on any atom is -0.509 e. The van der Waals surface area contributed by atoms with E-state index in [9.17, 15) is 4.39 Å². The molecule has 2 N–H and O–H groups in total. The number of rotatable bonds is 4. The van der Waals surface area contributed by atoms with Crippen LogP contribution in [-0.2, 0) is 0 Å². The van der Waals surface area contributed by atoms with Crippen LogP contribution in [0.15, 0.2) is 18.2 Å². The predicted molar refractivity (Wildman–Crippen MR) is 48.4 cm³/mol. The lowest BCUT2D eigenvalue weighted by atomic mass is 10.2. The highest BCUT2D eigenvalue weighted by Gasteiger charge is 2.15. The average molecular weight is 200 g/mol. The summed E-state index contributed by atoms with van der Waals surface area (Å²) in [6.07, 6.45) is 0. The Balaban J connectivity index is 2.84. The van der Waals surface area contributed by atoms with E-state index in [0.717, 1.165) is 6.07 Å². The molecule has 0 aliphatic heterocycles. The van der Waals surface area contributed by atoms with E-state index in [2.05, 4.69) is 4.65 Å². The third-order valence-corrected chi connectivity index (χ3v) is 1.45. The lowest BCUT2D eigenvalue weighted by Gasteiger charge is -2.08. The first kappa shape index (κ1) is 10.8. The average Bonchev–Trinajstić information content (AvgIpc) is 2.10. The van der Waals surface area contributed by atoms with Crippen LogP contribution in [0.1, 0.15) is 6.92 Å². The van der Waals surface area contributed by atoms with Crippen molar-refractivity contribution in [3.63, 3.8) is 0 Å². The normalized spacial score (nSPS) is 9.71. The Morgan fingerprint density at radius 3 is 2.71 bits per heavy atom. The first-order chi connectivity index (χ1) is 6.63. The minimum absolute atomic E-state index is 0.258. The van der Waals surface area contributed by atoms with E-state index < -0.39 is 13.1 Å². The number of hydrogen-bond donors (Lipinski definition) is 2. The third-order valence-electron chi connectivity index (χ3n) is 1.45. The van der Waals surface area contributed by atoms with Crippen molar-refractivity contribution in [2.24, 2.45) is 0 Å². The fourth-order valence-electron chi connectivity index (χ4n) is 0.944. The van der Waals surface area contributed by atoms with Crippen molar-refractivity contribution in [1.29, 1.82) is 0 Å². The van der Waals surface area contributed by atoms with Gasteiger partial charge >= 0.3 is 7.32 Å². The Labute approximate surface area is 81.1 Å². The van der Waals surface area contributed by atoms with E-state index in [-0.39, 0.29) is 5.75 Å². The van der Waals surface area contributed by atoms with Gasteiger partial charge in [-0.05, 0) is 19.1 Å². The van der Waals surface area contributed by atoms with Gasteiger partial charge in [-0.2, -0.15) is 0 Å². The molecule has 0 fully saturated rings. The fourth-order valence-corrected chi connectivity index (χ4v) is 0.944. The first-order valence-corrected chi connectivity index (χ1v) is 4.08. The van der Waals surface area contributed by atoms with E-state index in [4.69, 9.17) is 14.8 Å². The zero-order valence-corrected chi connectivity index (χ0v) is 7.61. The van der Waals surface area contributed by atoms with Crippen LogP contribution in [0.25, 0.3) is 0 Å². The molecule has 0 radical (unpaired) electrons. The molecule has 0 atom stereocenters. The van der Waals surface area contributed by atoms with Gasteiger partial charge in [0, 0.05) is 6.07 Å². The SMILES string of the molecule is CCOc1ccc(F)c(OB(O)O)c1. The molecule has 0 saturated carbocycles. The quantitative estimate of drug-likeness (QED) is 0.697. The van der Waals surface area contributed by atoms with Crippen LogP contribution >= 0.6 is 0 Å². The molecule has 0 heterocycles. The standard InChI is InChI=1S/C8H10BFO4/c1-2-13-6-3-4-7(10)8(5-6)14-9(11)12/h3-5,11-12H,2H2,1H3. The highest BCUT2D eigenvalue weighted by Crippen LogP contribution is 2.23. The maximum absolute atomic E-state index is 13.0. The molecule has 0 bridgehead atoms. The van der Waals surface area contributed by atoms with Gasteiger partial charge in [0.1, 0.15) is 11.5 Å². The van der Waals surface area contributed by atoms with Crippen molar-refractivity contribution in [3.05, 3.63) is 24.0 Å². The molecule has 4 nitrogen and oxygen atoms in total. The van der Waals surface area contributed by atoms with Crippen LogP contribution in [0.2, 0.25) is 0 Å². The van der Waals surface area contributed by atoms with Crippen molar-refractivity contribution in [2.75, 3.05) is 6.61 Å². The molecule has 0 spiro atoms. The van der Waals surface area contributed by atoms with Gasteiger partial charge < -0.3 is 19.4 Å². The molecule has 0 aromatic heterocycles.